The first-order valence-electron chi connectivity index (χ1n) is 4.72. The molecule has 1 N–H and O–H groups in total. The van der Waals surface area contributed by atoms with Crippen LogP contribution in [0.3, 0.4) is 0 Å². The third-order valence-electron chi connectivity index (χ3n) is 2.96. The Labute approximate surface area is 89.7 Å². The molecule has 1 aliphatic rings. The van der Waals surface area contributed by atoms with Crippen molar-refractivity contribution in [2.45, 2.75) is 31.7 Å². The van der Waals surface area contributed by atoms with Crippen LogP contribution in [-0.4, -0.2) is 9.55 Å². The van der Waals surface area contributed by atoms with Crippen molar-refractivity contribution in [3.05, 3.63) is 31.8 Å². The minimum absolute atomic E-state index is 0.490. The van der Waals surface area contributed by atoms with Crippen LogP contribution in [0.4, 0.5) is 4.39 Å². The average molecular weight is 233 g/mol. The van der Waals surface area contributed by atoms with Crippen molar-refractivity contribution >= 4 is 11.6 Å². The van der Waals surface area contributed by atoms with Crippen LogP contribution >= 0.6 is 11.6 Å². The van der Waals surface area contributed by atoms with Gasteiger partial charge in [-0.1, -0.05) is 18.5 Å². The van der Waals surface area contributed by atoms with E-state index in [4.69, 9.17) is 11.6 Å². The first-order valence-corrected chi connectivity index (χ1v) is 5.10. The van der Waals surface area contributed by atoms with E-state index in [0.29, 0.717) is 6.42 Å². The van der Waals surface area contributed by atoms with Crippen molar-refractivity contribution in [2.75, 3.05) is 0 Å². The summed E-state index contributed by atoms with van der Waals surface area (Å²) in [7, 11) is 0. The summed E-state index contributed by atoms with van der Waals surface area (Å²) in [6.45, 7) is 1.87. The van der Waals surface area contributed by atoms with Gasteiger partial charge in [0.1, 0.15) is 0 Å². The smallest absolute Gasteiger partial charge is 0.295 e. The van der Waals surface area contributed by atoms with Gasteiger partial charge in [0.15, 0.2) is 5.15 Å². The number of nitrogens with one attached hydrogen (secondary N) is 1. The van der Waals surface area contributed by atoms with E-state index in [1.165, 1.54) is 0 Å². The van der Waals surface area contributed by atoms with E-state index in [1.54, 1.807) is 0 Å². The largest absolute Gasteiger partial charge is 0.330 e. The van der Waals surface area contributed by atoms with Crippen LogP contribution in [0.2, 0.25) is 5.15 Å². The molecule has 0 radical (unpaired) electrons. The highest BCUT2D eigenvalue weighted by Gasteiger charge is 2.45. The van der Waals surface area contributed by atoms with Crippen LogP contribution in [0.15, 0.2) is 9.59 Å². The molecule has 0 atom stereocenters. The molecule has 82 valence electrons. The molecule has 0 bridgehead atoms. The van der Waals surface area contributed by atoms with Crippen LogP contribution in [0.25, 0.3) is 0 Å². The predicted molar refractivity (Wildman–Crippen MR) is 53.8 cm³/mol. The standard InChI is InChI=1S/C9H10ClFN2O2/c1-2-9(3-4-9)13-7(14)5(11)6(10)12-8(13)15/h2-4H2,1H3,(H,12,15). The Hall–Kier alpha value is -1.10. The Kier molecular flexibility index (Phi) is 2.22. The highest BCUT2D eigenvalue weighted by Crippen LogP contribution is 2.44. The molecule has 1 saturated carbocycles. The number of H-pyrrole nitrogens is 1. The maximum absolute atomic E-state index is 13.2. The quantitative estimate of drug-likeness (QED) is 0.780. The maximum Gasteiger partial charge on any atom is 0.330 e. The SMILES string of the molecule is CCC1(n2c(=O)[nH]c(Cl)c(F)c2=O)CC1. The molecule has 2 rings (SSSR count). The zero-order chi connectivity index (χ0) is 11.2. The minimum Gasteiger partial charge on any atom is -0.295 e. The fourth-order valence-corrected chi connectivity index (χ4v) is 1.96. The molecule has 0 aliphatic heterocycles. The molecule has 15 heavy (non-hydrogen) atoms. The molecular weight excluding hydrogens is 223 g/mol. The summed E-state index contributed by atoms with van der Waals surface area (Å²) in [6, 6.07) is 0. The normalized spacial score (nSPS) is 17.8. The second kappa shape index (κ2) is 3.20. The number of rotatable bonds is 2. The zero-order valence-corrected chi connectivity index (χ0v) is 8.90. The van der Waals surface area contributed by atoms with Crippen molar-refractivity contribution in [3.8, 4) is 0 Å². The number of aromatic amines is 1. The van der Waals surface area contributed by atoms with Gasteiger partial charge in [-0.25, -0.2) is 4.79 Å². The van der Waals surface area contributed by atoms with Crippen molar-refractivity contribution in [1.82, 2.24) is 9.55 Å². The lowest BCUT2D eigenvalue weighted by molar-refractivity contribution is 0.411. The molecule has 0 aromatic carbocycles. The van der Waals surface area contributed by atoms with E-state index in [2.05, 4.69) is 4.98 Å². The number of aromatic nitrogens is 2. The van der Waals surface area contributed by atoms with Crippen LogP contribution in [0, 0.1) is 5.82 Å². The zero-order valence-electron chi connectivity index (χ0n) is 8.14. The van der Waals surface area contributed by atoms with Crippen molar-refractivity contribution in [1.29, 1.82) is 0 Å². The van der Waals surface area contributed by atoms with E-state index in [0.717, 1.165) is 17.4 Å². The third kappa shape index (κ3) is 1.42. The number of halogens is 2. The van der Waals surface area contributed by atoms with Gasteiger partial charge >= 0.3 is 5.69 Å². The van der Waals surface area contributed by atoms with Gasteiger partial charge in [-0.2, -0.15) is 4.39 Å². The van der Waals surface area contributed by atoms with E-state index < -0.39 is 27.8 Å². The Balaban J connectivity index is 2.73. The number of hydrogen-bond donors (Lipinski definition) is 1. The van der Waals surface area contributed by atoms with Gasteiger partial charge in [-0.3, -0.25) is 14.3 Å². The molecule has 1 heterocycles. The fraction of sp³-hybridized carbons (Fsp3) is 0.556. The summed E-state index contributed by atoms with van der Waals surface area (Å²) >= 11 is 5.36. The predicted octanol–water partition coefficient (Wildman–Crippen LogP) is 1.23. The molecular formula is C9H10ClFN2O2. The summed E-state index contributed by atoms with van der Waals surface area (Å²) < 4.78 is 14.2. The van der Waals surface area contributed by atoms with Gasteiger partial charge in [0.25, 0.3) is 5.56 Å². The average Bonchev–Trinajstić information content (AvgIpc) is 2.96. The van der Waals surface area contributed by atoms with E-state index in [9.17, 15) is 14.0 Å². The number of nitrogens with zero attached hydrogens (tertiary/aromatic N) is 1. The van der Waals surface area contributed by atoms with E-state index >= 15 is 0 Å². The summed E-state index contributed by atoms with van der Waals surface area (Å²) in [6.07, 6.45) is 2.10. The topological polar surface area (TPSA) is 54.9 Å². The molecule has 1 aromatic rings. The first kappa shape index (κ1) is 10.4. The summed E-state index contributed by atoms with van der Waals surface area (Å²) in [5.74, 6) is -1.09. The Morgan fingerprint density at radius 2 is 2.13 bits per heavy atom. The van der Waals surface area contributed by atoms with Crippen molar-refractivity contribution < 1.29 is 4.39 Å². The Bertz CT molecular complexity index is 516. The van der Waals surface area contributed by atoms with Gasteiger partial charge < -0.3 is 0 Å². The molecule has 4 nitrogen and oxygen atoms in total. The number of hydrogen-bond acceptors (Lipinski definition) is 2. The van der Waals surface area contributed by atoms with Crippen molar-refractivity contribution in [3.63, 3.8) is 0 Å². The summed E-state index contributed by atoms with van der Waals surface area (Å²) in [4.78, 5) is 25.2. The highest BCUT2D eigenvalue weighted by atomic mass is 35.5. The summed E-state index contributed by atoms with van der Waals surface area (Å²) in [5, 5.41) is -0.520. The Morgan fingerprint density at radius 1 is 1.53 bits per heavy atom. The monoisotopic (exact) mass is 232 g/mol. The maximum atomic E-state index is 13.2. The molecule has 0 unspecified atom stereocenters. The highest BCUT2D eigenvalue weighted by molar-refractivity contribution is 6.29. The molecule has 1 aliphatic carbocycles. The molecule has 1 aromatic heterocycles. The Morgan fingerprint density at radius 3 is 2.60 bits per heavy atom. The lowest BCUT2D eigenvalue weighted by Crippen LogP contribution is -2.43. The van der Waals surface area contributed by atoms with Gasteiger partial charge in [0, 0.05) is 0 Å². The van der Waals surface area contributed by atoms with E-state index in [-0.39, 0.29) is 0 Å². The molecule has 1 fully saturated rings. The fourth-order valence-electron chi connectivity index (χ4n) is 1.80. The van der Waals surface area contributed by atoms with E-state index in [1.807, 2.05) is 6.92 Å². The molecule has 0 saturated heterocycles. The lowest BCUT2D eigenvalue weighted by Gasteiger charge is -2.14. The van der Waals surface area contributed by atoms with Crippen LogP contribution < -0.4 is 11.2 Å². The van der Waals surface area contributed by atoms with Gasteiger partial charge in [0.2, 0.25) is 5.82 Å². The first-order chi connectivity index (χ1) is 7.02. The van der Waals surface area contributed by atoms with Gasteiger partial charge in [-0.05, 0) is 19.3 Å². The third-order valence-corrected chi connectivity index (χ3v) is 3.22. The minimum atomic E-state index is -1.09. The lowest BCUT2D eigenvalue weighted by atomic mass is 10.2. The molecule has 0 spiro atoms. The second-order valence-electron chi connectivity index (χ2n) is 3.78. The van der Waals surface area contributed by atoms with Crippen LogP contribution in [0.1, 0.15) is 26.2 Å². The van der Waals surface area contributed by atoms with Gasteiger partial charge in [0.05, 0.1) is 5.54 Å². The summed E-state index contributed by atoms with van der Waals surface area (Å²) in [5.41, 5.74) is -2.05. The van der Waals surface area contributed by atoms with Crippen LogP contribution in [-0.2, 0) is 5.54 Å². The van der Waals surface area contributed by atoms with Crippen LogP contribution in [0.5, 0.6) is 0 Å². The van der Waals surface area contributed by atoms with Gasteiger partial charge in [-0.15, -0.1) is 0 Å². The van der Waals surface area contributed by atoms with Crippen molar-refractivity contribution in [2.24, 2.45) is 0 Å². The second-order valence-corrected chi connectivity index (χ2v) is 4.15. The molecule has 6 heteroatoms. The molecule has 0 amide bonds.